The monoisotopic (exact) mass is 381 g/mol. The van der Waals surface area contributed by atoms with Crippen LogP contribution in [0.3, 0.4) is 0 Å². The first-order chi connectivity index (χ1) is 12.9. The molecule has 0 saturated heterocycles. The highest BCUT2D eigenvalue weighted by atomic mass is 19.4. The van der Waals surface area contributed by atoms with E-state index in [0.29, 0.717) is 11.1 Å². The van der Waals surface area contributed by atoms with Crippen LogP contribution >= 0.6 is 0 Å². The minimum absolute atomic E-state index is 0.0562. The number of ether oxygens (including phenoxy) is 1. The van der Waals surface area contributed by atoms with Gasteiger partial charge in [-0.25, -0.2) is 4.39 Å². The number of nitrogens with zero attached hydrogens (tertiary/aromatic N) is 2. The van der Waals surface area contributed by atoms with Gasteiger partial charge in [-0.2, -0.15) is 18.2 Å². The molecule has 0 aliphatic carbocycles. The number of hydrogen-bond donors (Lipinski definition) is 1. The first-order valence-electron chi connectivity index (χ1n) is 7.86. The van der Waals surface area contributed by atoms with E-state index < -0.39 is 30.8 Å². The summed E-state index contributed by atoms with van der Waals surface area (Å²) in [5.74, 6) is -0.372. The highest BCUT2D eigenvalue weighted by Crippen LogP contribution is 2.38. The second kappa shape index (κ2) is 7.75. The third-order valence-electron chi connectivity index (χ3n) is 3.69. The summed E-state index contributed by atoms with van der Waals surface area (Å²) in [4.78, 5) is 4.11. The summed E-state index contributed by atoms with van der Waals surface area (Å²) in [5.41, 5.74) is 0.281. The molecule has 0 fully saturated rings. The molecule has 1 N–H and O–H groups in total. The highest BCUT2D eigenvalue weighted by Gasteiger charge is 2.35. The molecule has 0 atom stereocenters. The van der Waals surface area contributed by atoms with Crippen molar-refractivity contribution >= 4 is 0 Å². The highest BCUT2D eigenvalue weighted by molar-refractivity contribution is 5.62. The van der Waals surface area contributed by atoms with E-state index in [1.807, 2.05) is 0 Å². The molecule has 0 spiro atoms. The molecule has 142 valence electrons. The maximum atomic E-state index is 13.3. The van der Waals surface area contributed by atoms with Gasteiger partial charge >= 0.3 is 6.18 Å². The fourth-order valence-corrected chi connectivity index (χ4v) is 2.38. The van der Waals surface area contributed by atoms with Crippen LogP contribution in [-0.4, -0.2) is 28.5 Å². The lowest BCUT2D eigenvalue weighted by Gasteiger charge is -2.13. The van der Waals surface area contributed by atoms with E-state index in [1.54, 1.807) is 24.3 Å². The SMILES string of the molecule is OCc1ccc(-c2noc(-c3ccc(OCC[18F])c(C(F)(F)F)c3)n2)cc1. The van der Waals surface area contributed by atoms with Crippen LogP contribution in [0.25, 0.3) is 22.8 Å². The molecule has 3 aromatic rings. The Bertz CT molecular complexity index is 908. The third kappa shape index (κ3) is 4.25. The van der Waals surface area contributed by atoms with E-state index in [4.69, 9.17) is 14.4 Å². The van der Waals surface area contributed by atoms with Gasteiger partial charge in [0.1, 0.15) is 19.0 Å². The van der Waals surface area contributed by atoms with Gasteiger partial charge in [0.05, 0.1) is 12.2 Å². The summed E-state index contributed by atoms with van der Waals surface area (Å²) in [6.07, 6.45) is -4.69. The zero-order valence-electron chi connectivity index (χ0n) is 13.8. The molecule has 27 heavy (non-hydrogen) atoms. The Hall–Kier alpha value is -2.94. The zero-order valence-corrected chi connectivity index (χ0v) is 13.8. The van der Waals surface area contributed by atoms with Gasteiger partial charge in [-0.1, -0.05) is 29.4 Å². The molecule has 3 rings (SSSR count). The standard InChI is InChI=1S/C18H14F4N2O3/c19-7-8-26-15-6-5-13(9-14(15)18(20,21)22)17-23-16(24-27-17)12-3-1-11(10-25)2-4-12/h1-6,9,25H,7-8,10H2/i19-1. The number of aliphatic hydroxyl groups is 1. The lowest BCUT2D eigenvalue weighted by atomic mass is 10.1. The van der Waals surface area contributed by atoms with Crippen LogP contribution in [-0.2, 0) is 12.8 Å². The van der Waals surface area contributed by atoms with Crippen molar-refractivity contribution in [1.82, 2.24) is 10.1 Å². The molecule has 2 aromatic carbocycles. The zero-order chi connectivity index (χ0) is 19.4. The van der Waals surface area contributed by atoms with Gasteiger partial charge < -0.3 is 14.4 Å². The predicted molar refractivity (Wildman–Crippen MR) is 87.6 cm³/mol. The van der Waals surface area contributed by atoms with Crippen molar-refractivity contribution < 1.29 is 31.9 Å². The van der Waals surface area contributed by atoms with Crippen molar-refractivity contribution in [3.63, 3.8) is 0 Å². The van der Waals surface area contributed by atoms with Gasteiger partial charge in [0, 0.05) is 11.1 Å². The molecule has 0 aliphatic heterocycles. The Labute approximate surface area is 151 Å². The number of halogens is 4. The van der Waals surface area contributed by atoms with E-state index >= 15 is 0 Å². The lowest BCUT2D eigenvalue weighted by molar-refractivity contribution is -0.138. The normalized spacial score (nSPS) is 11.6. The van der Waals surface area contributed by atoms with E-state index in [1.165, 1.54) is 6.07 Å². The van der Waals surface area contributed by atoms with E-state index in [0.717, 1.165) is 12.1 Å². The largest absolute Gasteiger partial charge is 0.490 e. The lowest BCUT2D eigenvalue weighted by Crippen LogP contribution is -2.10. The topological polar surface area (TPSA) is 68.4 Å². The molecule has 0 saturated carbocycles. The molecule has 0 radical (unpaired) electrons. The van der Waals surface area contributed by atoms with E-state index in [-0.39, 0.29) is 23.9 Å². The van der Waals surface area contributed by atoms with Crippen molar-refractivity contribution in [3.05, 3.63) is 53.6 Å². The number of aromatic nitrogens is 2. The molecular formula is C18H14F4N2O3. The van der Waals surface area contributed by atoms with Crippen molar-refractivity contribution in [2.75, 3.05) is 13.3 Å². The van der Waals surface area contributed by atoms with Crippen molar-refractivity contribution in [2.24, 2.45) is 0 Å². The fraction of sp³-hybridized carbons (Fsp3) is 0.222. The van der Waals surface area contributed by atoms with Gasteiger partial charge in [-0.05, 0) is 23.8 Å². The Balaban J connectivity index is 1.93. The summed E-state index contributed by atoms with van der Waals surface area (Å²) >= 11 is 0. The first-order valence-corrected chi connectivity index (χ1v) is 7.86. The smallest absolute Gasteiger partial charge is 0.419 e. The Kier molecular flexibility index (Phi) is 5.41. The van der Waals surface area contributed by atoms with Crippen molar-refractivity contribution in [2.45, 2.75) is 12.8 Å². The molecule has 1 heterocycles. The van der Waals surface area contributed by atoms with E-state index in [9.17, 15) is 17.6 Å². The minimum Gasteiger partial charge on any atom is -0.490 e. The first kappa shape index (κ1) is 18.8. The van der Waals surface area contributed by atoms with Gasteiger partial charge in [0.2, 0.25) is 5.82 Å². The van der Waals surface area contributed by atoms with Crippen LogP contribution in [0.5, 0.6) is 5.75 Å². The molecular weight excluding hydrogens is 367 g/mol. The van der Waals surface area contributed by atoms with Crippen molar-refractivity contribution in [3.8, 4) is 28.6 Å². The maximum Gasteiger partial charge on any atom is 0.419 e. The fourth-order valence-electron chi connectivity index (χ4n) is 2.38. The Morgan fingerprint density at radius 2 is 1.74 bits per heavy atom. The number of alkyl halides is 4. The molecule has 5 nitrogen and oxygen atoms in total. The quantitative estimate of drug-likeness (QED) is 0.646. The third-order valence-corrected chi connectivity index (χ3v) is 3.69. The number of benzene rings is 2. The second-order valence-electron chi connectivity index (χ2n) is 5.52. The van der Waals surface area contributed by atoms with Crippen LogP contribution < -0.4 is 4.74 Å². The second-order valence-corrected chi connectivity index (χ2v) is 5.52. The Morgan fingerprint density at radius 3 is 2.37 bits per heavy atom. The van der Waals surface area contributed by atoms with Crippen LogP contribution in [0, 0.1) is 0 Å². The Morgan fingerprint density at radius 1 is 1.04 bits per heavy atom. The molecule has 1 aromatic heterocycles. The molecule has 0 bridgehead atoms. The summed E-state index contributed by atoms with van der Waals surface area (Å²) in [6.45, 7) is -1.49. The van der Waals surface area contributed by atoms with Crippen LogP contribution in [0.1, 0.15) is 11.1 Å². The minimum atomic E-state index is -4.69. The molecule has 0 unspecified atom stereocenters. The summed E-state index contributed by atoms with van der Waals surface area (Å²) in [6, 6.07) is 9.90. The number of aliphatic hydroxyl groups excluding tert-OH is 1. The van der Waals surface area contributed by atoms with Gasteiger partial charge in [-0.15, -0.1) is 0 Å². The van der Waals surface area contributed by atoms with Gasteiger partial charge in [0.15, 0.2) is 0 Å². The molecule has 0 aliphatic rings. The average Bonchev–Trinajstić information content (AvgIpc) is 3.15. The van der Waals surface area contributed by atoms with Gasteiger partial charge in [-0.3, -0.25) is 0 Å². The molecule has 9 heteroatoms. The average molecular weight is 381 g/mol. The van der Waals surface area contributed by atoms with Crippen LogP contribution in [0.4, 0.5) is 17.6 Å². The molecule has 0 amide bonds. The predicted octanol–water partition coefficient (Wildman–Crippen LogP) is 4.26. The van der Waals surface area contributed by atoms with E-state index in [2.05, 4.69) is 10.1 Å². The van der Waals surface area contributed by atoms with Crippen molar-refractivity contribution in [1.29, 1.82) is 0 Å². The van der Waals surface area contributed by atoms with Crippen LogP contribution in [0.2, 0.25) is 0 Å². The van der Waals surface area contributed by atoms with Crippen LogP contribution in [0.15, 0.2) is 47.0 Å². The summed E-state index contributed by atoms with van der Waals surface area (Å²) < 4.78 is 61.9. The number of rotatable bonds is 6. The summed E-state index contributed by atoms with van der Waals surface area (Å²) in [7, 11) is 0. The van der Waals surface area contributed by atoms with Gasteiger partial charge in [0.25, 0.3) is 5.89 Å². The summed E-state index contributed by atoms with van der Waals surface area (Å²) in [5, 5.41) is 12.8. The number of hydrogen-bond acceptors (Lipinski definition) is 5. The maximum absolute atomic E-state index is 13.3.